The van der Waals surface area contributed by atoms with Crippen molar-refractivity contribution in [3.05, 3.63) is 59.8 Å². The second kappa shape index (κ2) is 9.51. The van der Waals surface area contributed by atoms with Crippen LogP contribution in [-0.4, -0.2) is 47.3 Å². The lowest BCUT2D eigenvalue weighted by molar-refractivity contribution is -0.135. The molecule has 1 saturated heterocycles. The average Bonchev–Trinajstić information content (AvgIpc) is 3.45. The highest BCUT2D eigenvalue weighted by Crippen LogP contribution is 2.29. The Bertz CT molecular complexity index is 1100. The molecule has 3 aromatic rings. The van der Waals surface area contributed by atoms with Crippen LogP contribution in [0.1, 0.15) is 24.1 Å². The molecule has 1 fully saturated rings. The van der Waals surface area contributed by atoms with E-state index in [0.29, 0.717) is 35.7 Å². The number of methoxy groups -OCH3 is 2. The van der Waals surface area contributed by atoms with E-state index in [1.807, 2.05) is 36.4 Å². The van der Waals surface area contributed by atoms with Crippen molar-refractivity contribution < 1.29 is 23.7 Å². The molecule has 0 saturated carbocycles. The number of amides is 2. The maximum absolute atomic E-state index is 13.0. The van der Waals surface area contributed by atoms with Crippen molar-refractivity contribution in [2.24, 2.45) is 0 Å². The lowest BCUT2D eigenvalue weighted by atomic mass is 10.1. The van der Waals surface area contributed by atoms with E-state index < -0.39 is 6.04 Å². The van der Waals surface area contributed by atoms with Crippen LogP contribution < -0.4 is 14.8 Å². The summed E-state index contributed by atoms with van der Waals surface area (Å²) in [5.74, 6) is 0.939. The summed E-state index contributed by atoms with van der Waals surface area (Å²) in [7, 11) is 3.14. The third kappa shape index (κ3) is 4.41. The molecule has 4 rings (SSSR count). The molecule has 0 bridgehead atoms. The minimum Gasteiger partial charge on any atom is -0.497 e. The fourth-order valence-electron chi connectivity index (χ4n) is 3.80. The van der Waals surface area contributed by atoms with Crippen molar-refractivity contribution in [1.29, 1.82) is 0 Å². The Labute approximate surface area is 185 Å². The average molecular weight is 436 g/mol. The van der Waals surface area contributed by atoms with Crippen LogP contribution in [0.2, 0.25) is 0 Å². The van der Waals surface area contributed by atoms with Crippen molar-refractivity contribution in [3.63, 3.8) is 0 Å². The van der Waals surface area contributed by atoms with Crippen LogP contribution in [0, 0.1) is 0 Å². The molecule has 1 unspecified atom stereocenters. The van der Waals surface area contributed by atoms with Gasteiger partial charge in [-0.1, -0.05) is 35.5 Å². The van der Waals surface area contributed by atoms with Gasteiger partial charge in [0.25, 0.3) is 0 Å². The standard InChI is InChI=1S/C23H24N4O5/c1-30-17-9-8-16(20(12-17)31-2)14-27-19(10-11-21(27)28)23(29)24-13-18-22(26-32-25-18)15-6-4-3-5-7-15/h3-9,12,19H,10-11,13-14H2,1-2H3,(H,24,29). The van der Waals surface area contributed by atoms with Crippen LogP contribution in [-0.2, 0) is 22.7 Å². The highest BCUT2D eigenvalue weighted by atomic mass is 16.6. The van der Waals surface area contributed by atoms with Crippen LogP contribution >= 0.6 is 0 Å². The number of aromatic nitrogens is 2. The Kier molecular flexibility index (Phi) is 6.34. The molecule has 1 atom stereocenters. The number of hydrogen-bond acceptors (Lipinski definition) is 7. The zero-order valence-corrected chi connectivity index (χ0v) is 17.9. The molecule has 32 heavy (non-hydrogen) atoms. The minimum absolute atomic E-state index is 0.0731. The van der Waals surface area contributed by atoms with Gasteiger partial charge in [0, 0.05) is 23.6 Å². The van der Waals surface area contributed by atoms with Gasteiger partial charge in [0.1, 0.15) is 28.9 Å². The van der Waals surface area contributed by atoms with Crippen molar-refractivity contribution >= 4 is 11.8 Å². The van der Waals surface area contributed by atoms with E-state index in [-0.39, 0.29) is 24.9 Å². The topological polar surface area (TPSA) is 107 Å². The maximum Gasteiger partial charge on any atom is 0.243 e. The number of carbonyl (C=O) groups is 2. The van der Waals surface area contributed by atoms with Gasteiger partial charge in [-0.2, -0.15) is 0 Å². The SMILES string of the molecule is COc1ccc(CN2C(=O)CCC2C(=O)NCc2nonc2-c2ccccc2)c(OC)c1. The van der Waals surface area contributed by atoms with Gasteiger partial charge >= 0.3 is 0 Å². The summed E-state index contributed by atoms with van der Waals surface area (Å²) < 4.78 is 15.5. The number of rotatable bonds is 8. The van der Waals surface area contributed by atoms with Gasteiger partial charge in [-0.3, -0.25) is 9.59 Å². The molecular formula is C23H24N4O5. The molecule has 0 radical (unpaired) electrons. The highest BCUT2D eigenvalue weighted by Gasteiger charge is 2.36. The minimum atomic E-state index is -0.575. The van der Waals surface area contributed by atoms with Crippen molar-refractivity contribution in [1.82, 2.24) is 20.5 Å². The summed E-state index contributed by atoms with van der Waals surface area (Å²) >= 11 is 0. The smallest absolute Gasteiger partial charge is 0.243 e. The number of nitrogens with zero attached hydrogens (tertiary/aromatic N) is 3. The Morgan fingerprint density at radius 3 is 2.72 bits per heavy atom. The first-order chi connectivity index (χ1) is 15.6. The summed E-state index contributed by atoms with van der Waals surface area (Å²) in [6, 6.07) is 14.3. The quantitative estimate of drug-likeness (QED) is 0.578. The Balaban J connectivity index is 1.45. The molecule has 1 aromatic heterocycles. The zero-order chi connectivity index (χ0) is 22.5. The molecule has 0 spiro atoms. The van der Waals surface area contributed by atoms with E-state index in [2.05, 4.69) is 15.6 Å². The lowest BCUT2D eigenvalue weighted by Gasteiger charge is -2.25. The van der Waals surface area contributed by atoms with Gasteiger partial charge < -0.3 is 19.7 Å². The molecule has 9 heteroatoms. The highest BCUT2D eigenvalue weighted by molar-refractivity contribution is 5.91. The Morgan fingerprint density at radius 1 is 1.16 bits per heavy atom. The third-order valence-corrected chi connectivity index (χ3v) is 5.50. The number of carbonyl (C=O) groups excluding carboxylic acids is 2. The monoisotopic (exact) mass is 436 g/mol. The van der Waals surface area contributed by atoms with Crippen molar-refractivity contribution in [2.45, 2.75) is 32.0 Å². The molecule has 0 aliphatic carbocycles. The van der Waals surface area contributed by atoms with Crippen LogP contribution in [0.5, 0.6) is 11.5 Å². The van der Waals surface area contributed by atoms with Gasteiger partial charge in [0.2, 0.25) is 11.8 Å². The zero-order valence-electron chi connectivity index (χ0n) is 17.9. The number of likely N-dealkylation sites (tertiary alicyclic amines) is 1. The van der Waals surface area contributed by atoms with Crippen LogP contribution in [0.3, 0.4) is 0 Å². The molecule has 2 amide bonds. The summed E-state index contributed by atoms with van der Waals surface area (Å²) in [4.78, 5) is 27.1. The van der Waals surface area contributed by atoms with E-state index in [1.54, 1.807) is 31.3 Å². The normalized spacial score (nSPS) is 15.6. The van der Waals surface area contributed by atoms with E-state index in [9.17, 15) is 9.59 Å². The molecule has 1 aliphatic rings. The second-order valence-electron chi connectivity index (χ2n) is 7.40. The van der Waals surface area contributed by atoms with E-state index in [1.165, 1.54) is 0 Å². The second-order valence-corrected chi connectivity index (χ2v) is 7.40. The van der Waals surface area contributed by atoms with E-state index >= 15 is 0 Å². The lowest BCUT2D eigenvalue weighted by Crippen LogP contribution is -2.44. The van der Waals surface area contributed by atoms with E-state index in [4.69, 9.17) is 14.1 Å². The Hall–Kier alpha value is -3.88. The van der Waals surface area contributed by atoms with Gasteiger partial charge in [-0.15, -0.1) is 0 Å². The van der Waals surface area contributed by atoms with Crippen LogP contribution in [0.25, 0.3) is 11.3 Å². The molecule has 1 aliphatic heterocycles. The number of ether oxygens (including phenoxy) is 2. The van der Waals surface area contributed by atoms with Gasteiger partial charge in [0.15, 0.2) is 0 Å². The first kappa shape index (κ1) is 21.4. The molecule has 2 aromatic carbocycles. The van der Waals surface area contributed by atoms with Gasteiger partial charge in [0.05, 0.1) is 27.3 Å². The maximum atomic E-state index is 13.0. The summed E-state index contributed by atoms with van der Waals surface area (Å²) in [5.41, 5.74) is 2.75. The predicted molar refractivity (Wildman–Crippen MR) is 115 cm³/mol. The fourth-order valence-corrected chi connectivity index (χ4v) is 3.80. The van der Waals surface area contributed by atoms with Crippen LogP contribution in [0.15, 0.2) is 53.2 Å². The molecular weight excluding hydrogens is 412 g/mol. The number of nitrogens with one attached hydrogen (secondary N) is 1. The molecule has 2 heterocycles. The molecule has 1 N–H and O–H groups in total. The summed E-state index contributed by atoms with van der Waals surface area (Å²) in [6.07, 6.45) is 0.767. The largest absolute Gasteiger partial charge is 0.497 e. The first-order valence-corrected chi connectivity index (χ1v) is 10.3. The van der Waals surface area contributed by atoms with Crippen LogP contribution in [0.4, 0.5) is 0 Å². The fraction of sp³-hybridized carbons (Fsp3) is 0.304. The molecule has 166 valence electrons. The van der Waals surface area contributed by atoms with E-state index in [0.717, 1.165) is 11.1 Å². The number of benzene rings is 2. The predicted octanol–water partition coefficient (Wildman–Crippen LogP) is 2.56. The molecule has 9 nitrogen and oxygen atoms in total. The third-order valence-electron chi connectivity index (χ3n) is 5.50. The van der Waals surface area contributed by atoms with Crippen molar-refractivity contribution in [2.75, 3.05) is 14.2 Å². The summed E-state index contributed by atoms with van der Waals surface area (Å²) in [6.45, 7) is 0.418. The number of hydrogen-bond donors (Lipinski definition) is 1. The van der Waals surface area contributed by atoms with Gasteiger partial charge in [-0.25, -0.2) is 4.63 Å². The Morgan fingerprint density at radius 2 is 1.97 bits per heavy atom. The first-order valence-electron chi connectivity index (χ1n) is 10.3. The summed E-state index contributed by atoms with van der Waals surface area (Å²) in [5, 5.41) is 10.7. The van der Waals surface area contributed by atoms with Crippen molar-refractivity contribution in [3.8, 4) is 22.8 Å². The van der Waals surface area contributed by atoms with Gasteiger partial charge in [-0.05, 0) is 23.7 Å².